The summed E-state index contributed by atoms with van der Waals surface area (Å²) < 4.78 is 14.2. The molecular formula is C31H32N6O3. The first-order valence-electron chi connectivity index (χ1n) is 13.6. The van der Waals surface area contributed by atoms with Crippen molar-refractivity contribution >= 4 is 11.6 Å². The van der Waals surface area contributed by atoms with E-state index in [1.165, 1.54) is 0 Å². The second-order valence-electron chi connectivity index (χ2n) is 10.9. The molecule has 9 nitrogen and oxygen atoms in total. The number of nitriles is 1. The van der Waals surface area contributed by atoms with E-state index in [0.717, 1.165) is 59.5 Å². The Labute approximate surface area is 233 Å². The molecule has 2 aliphatic rings. The molecule has 6 rings (SSSR count). The number of hydrogen-bond acceptors (Lipinski definition) is 7. The van der Waals surface area contributed by atoms with Crippen LogP contribution in [0.1, 0.15) is 24.0 Å². The monoisotopic (exact) mass is 536 g/mol. The van der Waals surface area contributed by atoms with E-state index >= 15 is 0 Å². The number of piperidine rings is 1. The molecule has 9 heteroatoms. The fourth-order valence-electron chi connectivity index (χ4n) is 5.66. The van der Waals surface area contributed by atoms with Gasteiger partial charge in [-0.3, -0.25) is 9.20 Å². The van der Waals surface area contributed by atoms with Gasteiger partial charge in [0.05, 0.1) is 29.5 Å². The maximum atomic E-state index is 12.6. The fraction of sp³-hybridized carbons (Fsp3) is 0.355. The maximum absolute atomic E-state index is 12.6. The predicted molar refractivity (Wildman–Crippen MR) is 151 cm³/mol. The van der Waals surface area contributed by atoms with Crippen LogP contribution in [-0.4, -0.2) is 77.0 Å². The van der Waals surface area contributed by atoms with Gasteiger partial charge in [0.1, 0.15) is 5.75 Å². The van der Waals surface area contributed by atoms with E-state index in [4.69, 9.17) is 19.4 Å². The number of ether oxygens (including phenoxy) is 2. The van der Waals surface area contributed by atoms with Crippen molar-refractivity contribution in [2.24, 2.45) is 5.92 Å². The number of rotatable bonds is 6. The summed E-state index contributed by atoms with van der Waals surface area (Å²) in [4.78, 5) is 26.3. The zero-order valence-corrected chi connectivity index (χ0v) is 23.0. The lowest BCUT2D eigenvalue weighted by molar-refractivity contribution is -0.135. The molecule has 0 N–H and O–H groups in total. The Morgan fingerprint density at radius 3 is 2.75 bits per heavy atom. The Hall–Kier alpha value is -4.42. The van der Waals surface area contributed by atoms with Crippen LogP contribution < -0.4 is 9.47 Å². The molecule has 0 aliphatic carbocycles. The Morgan fingerprint density at radius 2 is 2.00 bits per heavy atom. The van der Waals surface area contributed by atoms with Crippen molar-refractivity contribution in [2.45, 2.75) is 25.4 Å². The number of nitrogens with zero attached hydrogens (tertiary/aromatic N) is 6. The lowest BCUT2D eigenvalue weighted by atomic mass is 9.97. The van der Waals surface area contributed by atoms with E-state index in [1.807, 2.05) is 34.9 Å². The summed E-state index contributed by atoms with van der Waals surface area (Å²) in [5, 5.41) is 9.34. The van der Waals surface area contributed by atoms with Crippen molar-refractivity contribution < 1.29 is 14.3 Å². The van der Waals surface area contributed by atoms with Crippen LogP contribution in [0.15, 0.2) is 54.9 Å². The molecule has 2 atom stereocenters. The summed E-state index contributed by atoms with van der Waals surface area (Å²) in [7, 11) is 5.62. The molecule has 4 heterocycles. The second kappa shape index (κ2) is 10.6. The van der Waals surface area contributed by atoms with Crippen molar-refractivity contribution in [1.82, 2.24) is 24.2 Å². The number of carbonyl (C=O) groups excluding carboxylic acids is 1. The zero-order chi connectivity index (χ0) is 27.8. The summed E-state index contributed by atoms with van der Waals surface area (Å²) in [5.41, 5.74) is 5.63. The molecule has 0 spiro atoms. The first-order chi connectivity index (χ1) is 19.4. The van der Waals surface area contributed by atoms with E-state index in [0.29, 0.717) is 36.3 Å². The van der Waals surface area contributed by atoms with Crippen LogP contribution in [-0.2, 0) is 11.2 Å². The molecule has 204 valence electrons. The maximum Gasteiger partial charge on any atom is 0.302 e. The molecule has 1 fully saturated rings. The molecule has 4 aromatic rings. The Balaban J connectivity index is 1.43. The first-order valence-corrected chi connectivity index (χ1v) is 13.6. The fourth-order valence-corrected chi connectivity index (χ4v) is 5.66. The minimum Gasteiger partial charge on any atom is -0.480 e. The smallest absolute Gasteiger partial charge is 0.302 e. The van der Waals surface area contributed by atoms with Gasteiger partial charge in [-0.25, -0.2) is 4.98 Å². The molecule has 1 unspecified atom stereocenters. The van der Waals surface area contributed by atoms with E-state index in [2.05, 4.69) is 24.1 Å². The van der Waals surface area contributed by atoms with Crippen molar-refractivity contribution in [2.75, 3.05) is 40.8 Å². The zero-order valence-electron chi connectivity index (χ0n) is 23.0. The van der Waals surface area contributed by atoms with Gasteiger partial charge in [-0.05, 0) is 61.8 Å². The minimum absolute atomic E-state index is 0.0565. The van der Waals surface area contributed by atoms with Crippen molar-refractivity contribution in [3.05, 3.63) is 66.0 Å². The highest BCUT2D eigenvalue weighted by Crippen LogP contribution is 2.39. The second-order valence-corrected chi connectivity index (χ2v) is 10.9. The van der Waals surface area contributed by atoms with Crippen LogP contribution in [0, 0.1) is 17.2 Å². The third-order valence-electron chi connectivity index (χ3n) is 7.71. The number of imidazole rings is 1. The Bertz CT molecular complexity index is 1600. The molecule has 0 bridgehead atoms. The third kappa shape index (κ3) is 4.87. The number of likely N-dealkylation sites (N-methyl/N-ethyl adjacent to an activating group) is 1. The van der Waals surface area contributed by atoms with Crippen molar-refractivity contribution in [3.8, 4) is 40.2 Å². The molecule has 0 radical (unpaired) electrons. The van der Waals surface area contributed by atoms with E-state index in [9.17, 15) is 10.1 Å². The van der Waals surface area contributed by atoms with Gasteiger partial charge < -0.3 is 19.3 Å². The van der Waals surface area contributed by atoms with Crippen LogP contribution in [0.4, 0.5) is 0 Å². The van der Waals surface area contributed by atoms with Crippen molar-refractivity contribution in [1.29, 1.82) is 5.26 Å². The average Bonchev–Trinajstić information content (AvgIpc) is 3.62. The molecule has 40 heavy (non-hydrogen) atoms. The normalized spacial score (nSPS) is 18.6. The number of hydrogen-bond donors (Lipinski definition) is 0. The number of amides is 1. The quantitative estimate of drug-likeness (QED) is 0.367. The molecule has 1 amide bonds. The topological polar surface area (TPSA) is 96.0 Å². The van der Waals surface area contributed by atoms with Crippen LogP contribution >= 0.6 is 0 Å². The highest BCUT2D eigenvalue weighted by molar-refractivity contribution is 5.91. The standard InChI is InChI=1S/C31H32N6O3/c1-35(2)30(38)26-16-24-15-23(10-11-25(24)40-26)27-28(22-8-6-20(17-32)7-9-22)34-31(37-14-12-33-29(27)37)39-19-21-5-4-13-36(3)18-21/h6-12,14-15,21,26H,4-5,13,16,18-19H2,1-3H3/t21-,26?/m1/s1. The van der Waals surface area contributed by atoms with E-state index in [1.54, 1.807) is 37.3 Å². The number of carbonyl (C=O) groups is 1. The van der Waals surface area contributed by atoms with E-state index in [-0.39, 0.29) is 5.91 Å². The SMILES string of the molecule is CN1CCC[C@@H](COc2nc(-c3ccc(C#N)cc3)c(-c3ccc4c(c3)CC(C(=O)N(C)C)O4)c3nccn23)C1. The van der Waals surface area contributed by atoms with Gasteiger partial charge >= 0.3 is 6.01 Å². The third-order valence-corrected chi connectivity index (χ3v) is 7.71. The van der Waals surface area contributed by atoms with Gasteiger partial charge in [0.2, 0.25) is 0 Å². The summed E-state index contributed by atoms with van der Waals surface area (Å²) in [5.74, 6) is 1.10. The lowest BCUT2D eigenvalue weighted by Crippen LogP contribution is -2.36. The summed E-state index contributed by atoms with van der Waals surface area (Å²) in [6, 6.07) is 16.1. The van der Waals surface area contributed by atoms with E-state index < -0.39 is 6.10 Å². The largest absolute Gasteiger partial charge is 0.480 e. The van der Waals surface area contributed by atoms with Crippen molar-refractivity contribution in [3.63, 3.8) is 0 Å². The number of likely N-dealkylation sites (tertiary alicyclic amines) is 1. The molecular weight excluding hydrogens is 504 g/mol. The Kier molecular flexibility index (Phi) is 6.86. The summed E-state index contributed by atoms with van der Waals surface area (Å²) in [6.07, 6.45) is 5.90. The van der Waals surface area contributed by atoms with Gasteiger partial charge in [0.25, 0.3) is 5.91 Å². The van der Waals surface area contributed by atoms with Gasteiger partial charge in [0, 0.05) is 50.9 Å². The number of fused-ring (bicyclic) bond motifs is 2. The number of benzene rings is 2. The van der Waals surface area contributed by atoms with Crippen LogP contribution in [0.5, 0.6) is 11.8 Å². The number of aromatic nitrogens is 3. The molecule has 1 saturated heterocycles. The minimum atomic E-state index is -0.530. The van der Waals surface area contributed by atoms with Gasteiger partial charge in [0.15, 0.2) is 11.8 Å². The van der Waals surface area contributed by atoms with Gasteiger partial charge in [-0.1, -0.05) is 18.2 Å². The highest BCUT2D eigenvalue weighted by atomic mass is 16.5. The average molecular weight is 537 g/mol. The van der Waals surface area contributed by atoms with Gasteiger partial charge in [-0.2, -0.15) is 10.2 Å². The van der Waals surface area contributed by atoms with Crippen LogP contribution in [0.2, 0.25) is 0 Å². The van der Waals surface area contributed by atoms with Crippen LogP contribution in [0.3, 0.4) is 0 Å². The molecule has 2 aromatic heterocycles. The molecule has 0 saturated carbocycles. The highest BCUT2D eigenvalue weighted by Gasteiger charge is 2.31. The lowest BCUT2D eigenvalue weighted by Gasteiger charge is -2.29. The summed E-state index contributed by atoms with van der Waals surface area (Å²) >= 11 is 0. The first kappa shape index (κ1) is 25.8. The summed E-state index contributed by atoms with van der Waals surface area (Å²) in [6.45, 7) is 2.70. The molecule has 2 aromatic carbocycles. The Morgan fingerprint density at radius 1 is 1.20 bits per heavy atom. The molecule has 2 aliphatic heterocycles. The van der Waals surface area contributed by atoms with Crippen LogP contribution in [0.25, 0.3) is 28.0 Å². The van der Waals surface area contributed by atoms with Gasteiger partial charge in [-0.15, -0.1) is 0 Å². The predicted octanol–water partition coefficient (Wildman–Crippen LogP) is 4.05.